The summed E-state index contributed by atoms with van der Waals surface area (Å²) in [6.45, 7) is 0. The molecule has 7 nitrogen and oxygen atoms in total. The molecule has 0 unspecified atom stereocenters. The standard InChI is InChI=1S/C25H16ClF3N2O5/c1-35-18-9-11-19(12-10-18)36-24(34)14-5-7-16(8-6-14)30-21-20(26)22(32)31(23(21)33)17-4-2-3-15(13-17)25(27,28)29/h2-13,30H,1H3. The number of anilines is 2. The molecule has 0 bridgehead atoms. The van der Waals surface area contributed by atoms with Gasteiger partial charge in [-0.2, -0.15) is 13.2 Å². The second kappa shape index (κ2) is 9.74. The molecule has 0 aromatic heterocycles. The Labute approximate surface area is 207 Å². The monoisotopic (exact) mass is 516 g/mol. The van der Waals surface area contributed by atoms with E-state index < -0.39 is 34.6 Å². The normalized spacial score (nSPS) is 13.8. The molecule has 3 aromatic carbocycles. The predicted molar refractivity (Wildman–Crippen MR) is 125 cm³/mol. The molecule has 1 aliphatic rings. The molecular formula is C25H16ClF3N2O5. The number of nitrogens with zero attached hydrogens (tertiary/aromatic N) is 1. The molecule has 0 fully saturated rings. The van der Waals surface area contributed by atoms with Crippen LogP contribution in [0.5, 0.6) is 11.5 Å². The molecule has 0 atom stereocenters. The lowest BCUT2D eigenvalue weighted by Gasteiger charge is -2.17. The SMILES string of the molecule is COc1ccc(OC(=O)c2ccc(NC3=C(Cl)C(=O)N(c4cccc(C(F)(F)F)c4)C3=O)cc2)cc1. The number of benzene rings is 3. The number of rotatable bonds is 6. The molecule has 36 heavy (non-hydrogen) atoms. The van der Waals surface area contributed by atoms with Crippen molar-refractivity contribution >= 4 is 40.8 Å². The Kier molecular flexibility index (Phi) is 6.71. The van der Waals surface area contributed by atoms with Crippen LogP contribution in [0.2, 0.25) is 0 Å². The minimum Gasteiger partial charge on any atom is -0.497 e. The Hall–Kier alpha value is -4.31. The van der Waals surface area contributed by atoms with Crippen LogP contribution < -0.4 is 19.7 Å². The molecular weight excluding hydrogens is 501 g/mol. The van der Waals surface area contributed by atoms with Crippen molar-refractivity contribution in [3.8, 4) is 11.5 Å². The summed E-state index contributed by atoms with van der Waals surface area (Å²) >= 11 is 6.04. The number of methoxy groups -OCH3 is 1. The van der Waals surface area contributed by atoms with Crippen molar-refractivity contribution in [2.45, 2.75) is 6.18 Å². The molecule has 11 heteroatoms. The summed E-state index contributed by atoms with van der Waals surface area (Å²) in [6, 6.07) is 16.0. The first-order chi connectivity index (χ1) is 17.1. The van der Waals surface area contributed by atoms with Crippen molar-refractivity contribution in [1.82, 2.24) is 0 Å². The number of alkyl halides is 3. The number of esters is 1. The lowest BCUT2D eigenvalue weighted by Crippen LogP contribution is -2.32. The summed E-state index contributed by atoms with van der Waals surface area (Å²) in [5.74, 6) is -1.61. The highest BCUT2D eigenvalue weighted by atomic mass is 35.5. The van der Waals surface area contributed by atoms with Crippen LogP contribution in [0.3, 0.4) is 0 Å². The Morgan fingerprint density at radius 2 is 1.56 bits per heavy atom. The van der Waals surface area contributed by atoms with E-state index in [1.807, 2.05) is 0 Å². The van der Waals surface area contributed by atoms with Crippen molar-refractivity contribution in [3.05, 3.63) is 94.7 Å². The predicted octanol–water partition coefficient (Wildman–Crippen LogP) is 5.37. The molecule has 0 radical (unpaired) electrons. The van der Waals surface area contributed by atoms with Gasteiger partial charge >= 0.3 is 12.1 Å². The largest absolute Gasteiger partial charge is 0.497 e. The number of nitrogens with one attached hydrogen (secondary N) is 1. The van der Waals surface area contributed by atoms with Crippen molar-refractivity contribution in [2.24, 2.45) is 0 Å². The third-order valence-corrected chi connectivity index (χ3v) is 5.47. The molecule has 2 amide bonds. The summed E-state index contributed by atoms with van der Waals surface area (Å²) in [5, 5.41) is 2.21. The van der Waals surface area contributed by atoms with E-state index >= 15 is 0 Å². The number of hydrogen-bond donors (Lipinski definition) is 1. The van der Waals surface area contributed by atoms with Crippen LogP contribution in [0, 0.1) is 0 Å². The maximum absolute atomic E-state index is 13.1. The summed E-state index contributed by atoms with van der Waals surface area (Å²) in [4.78, 5) is 38.3. The van der Waals surface area contributed by atoms with Gasteiger partial charge in [0.05, 0.1) is 23.9 Å². The minimum absolute atomic E-state index is 0.205. The van der Waals surface area contributed by atoms with Crippen molar-refractivity contribution in [2.75, 3.05) is 17.3 Å². The smallest absolute Gasteiger partial charge is 0.416 e. The Morgan fingerprint density at radius 3 is 2.17 bits per heavy atom. The van der Waals surface area contributed by atoms with E-state index in [9.17, 15) is 27.6 Å². The van der Waals surface area contributed by atoms with E-state index in [4.69, 9.17) is 21.1 Å². The molecule has 0 spiro atoms. The van der Waals surface area contributed by atoms with Gasteiger partial charge in [0.15, 0.2) is 0 Å². The Bertz CT molecular complexity index is 1370. The van der Waals surface area contributed by atoms with Gasteiger partial charge < -0.3 is 14.8 Å². The molecule has 0 saturated carbocycles. The van der Waals surface area contributed by atoms with Gasteiger partial charge in [-0.15, -0.1) is 0 Å². The van der Waals surface area contributed by atoms with Gasteiger partial charge in [0.2, 0.25) is 0 Å². The van der Waals surface area contributed by atoms with Gasteiger partial charge in [-0.25, -0.2) is 9.69 Å². The van der Waals surface area contributed by atoms with Gasteiger partial charge in [-0.3, -0.25) is 9.59 Å². The topological polar surface area (TPSA) is 84.9 Å². The number of amides is 2. The van der Waals surface area contributed by atoms with Gasteiger partial charge in [-0.05, 0) is 66.7 Å². The second-order valence-electron chi connectivity index (χ2n) is 7.45. The van der Waals surface area contributed by atoms with Gasteiger partial charge in [0.1, 0.15) is 22.2 Å². The van der Waals surface area contributed by atoms with Crippen LogP contribution in [0.1, 0.15) is 15.9 Å². The quantitative estimate of drug-likeness (QED) is 0.269. The van der Waals surface area contributed by atoms with Crippen LogP contribution in [0.4, 0.5) is 24.5 Å². The van der Waals surface area contributed by atoms with Crippen molar-refractivity contribution in [1.29, 1.82) is 0 Å². The molecule has 0 aliphatic carbocycles. The van der Waals surface area contributed by atoms with Crippen LogP contribution in [-0.4, -0.2) is 24.9 Å². The van der Waals surface area contributed by atoms with E-state index in [1.54, 1.807) is 24.3 Å². The third-order valence-electron chi connectivity index (χ3n) is 5.12. The highest BCUT2D eigenvalue weighted by Crippen LogP contribution is 2.35. The zero-order valence-electron chi connectivity index (χ0n) is 18.4. The maximum Gasteiger partial charge on any atom is 0.416 e. The zero-order valence-corrected chi connectivity index (χ0v) is 19.2. The lowest BCUT2D eigenvalue weighted by molar-refractivity contribution is -0.137. The number of carbonyl (C=O) groups excluding carboxylic acids is 3. The first-order valence-corrected chi connectivity index (χ1v) is 10.7. The second-order valence-corrected chi connectivity index (χ2v) is 7.83. The number of hydrogen-bond acceptors (Lipinski definition) is 6. The summed E-state index contributed by atoms with van der Waals surface area (Å²) < 4.78 is 49.5. The number of carbonyl (C=O) groups is 3. The van der Waals surface area contributed by atoms with Gasteiger partial charge in [0, 0.05) is 5.69 Å². The molecule has 1 aliphatic heterocycles. The van der Waals surface area contributed by atoms with E-state index in [-0.39, 0.29) is 16.9 Å². The summed E-state index contributed by atoms with van der Waals surface area (Å²) in [7, 11) is 1.51. The molecule has 4 rings (SSSR count). The molecule has 0 saturated heterocycles. The maximum atomic E-state index is 13.1. The zero-order chi connectivity index (χ0) is 26.0. The fourth-order valence-electron chi connectivity index (χ4n) is 3.31. The van der Waals surface area contributed by atoms with Gasteiger partial charge in [0.25, 0.3) is 11.8 Å². The van der Waals surface area contributed by atoms with Gasteiger partial charge in [-0.1, -0.05) is 17.7 Å². The number of imide groups is 1. The highest BCUT2D eigenvalue weighted by molar-refractivity contribution is 6.53. The van der Waals surface area contributed by atoms with E-state index in [0.717, 1.165) is 12.1 Å². The molecule has 1 heterocycles. The van der Waals surface area contributed by atoms with E-state index in [0.29, 0.717) is 28.2 Å². The molecule has 1 N–H and O–H groups in total. The molecule has 184 valence electrons. The summed E-state index contributed by atoms with van der Waals surface area (Å²) in [6.07, 6.45) is -4.66. The third kappa shape index (κ3) is 5.03. The summed E-state index contributed by atoms with van der Waals surface area (Å²) in [5.41, 5.74) is -1.10. The van der Waals surface area contributed by atoms with Crippen LogP contribution in [0.15, 0.2) is 83.5 Å². The van der Waals surface area contributed by atoms with Crippen LogP contribution in [-0.2, 0) is 15.8 Å². The average Bonchev–Trinajstić information content (AvgIpc) is 3.07. The fraction of sp³-hybridized carbons (Fsp3) is 0.0800. The Balaban J connectivity index is 1.47. The number of halogens is 4. The van der Waals surface area contributed by atoms with E-state index in [2.05, 4.69) is 5.32 Å². The van der Waals surface area contributed by atoms with Crippen molar-refractivity contribution < 1.29 is 37.0 Å². The van der Waals surface area contributed by atoms with Crippen molar-refractivity contribution in [3.63, 3.8) is 0 Å². The van der Waals surface area contributed by atoms with Crippen LogP contribution in [0.25, 0.3) is 0 Å². The minimum atomic E-state index is -4.66. The first-order valence-electron chi connectivity index (χ1n) is 10.3. The number of ether oxygens (including phenoxy) is 2. The Morgan fingerprint density at radius 1 is 0.917 bits per heavy atom. The van der Waals surface area contributed by atoms with Crippen LogP contribution >= 0.6 is 11.6 Å². The fourth-order valence-corrected chi connectivity index (χ4v) is 3.52. The molecule has 3 aromatic rings. The lowest BCUT2D eigenvalue weighted by atomic mass is 10.2. The highest BCUT2D eigenvalue weighted by Gasteiger charge is 2.40. The average molecular weight is 517 g/mol. The van der Waals surface area contributed by atoms with E-state index in [1.165, 1.54) is 37.4 Å². The first kappa shape index (κ1) is 24.8.